The van der Waals surface area contributed by atoms with E-state index in [4.69, 9.17) is 9.52 Å². The summed E-state index contributed by atoms with van der Waals surface area (Å²) in [7, 11) is 0. The van der Waals surface area contributed by atoms with Gasteiger partial charge in [0.15, 0.2) is 5.82 Å². The van der Waals surface area contributed by atoms with Crippen molar-refractivity contribution in [1.29, 1.82) is 0 Å². The van der Waals surface area contributed by atoms with E-state index in [9.17, 15) is 9.59 Å². The molecule has 2 heterocycles. The van der Waals surface area contributed by atoms with Crippen LogP contribution < -0.4 is 10.8 Å². The van der Waals surface area contributed by atoms with E-state index in [1.165, 1.54) is 26.2 Å². The summed E-state index contributed by atoms with van der Waals surface area (Å²) in [5, 5.41) is 7.31. The summed E-state index contributed by atoms with van der Waals surface area (Å²) in [6, 6.07) is 5.97. The normalized spacial score (nSPS) is 19.7. The van der Waals surface area contributed by atoms with Gasteiger partial charge in [-0.3, -0.25) is 19.1 Å². The molecule has 0 radical (unpaired) electrons. The molecule has 0 bridgehead atoms. The van der Waals surface area contributed by atoms with Gasteiger partial charge in [0.1, 0.15) is 11.0 Å². The molecule has 2 saturated carbocycles. The van der Waals surface area contributed by atoms with Crippen LogP contribution in [-0.4, -0.2) is 32.6 Å². The standard InChI is InChI=1S/C25H35N5O3/c1-19(31)28-25(16-8-2-3-9-17-25)24-27-22(33-29-24)14-15-23(32)30-18-10-7-13-21(30)26-20-11-5-4-6-12-20/h7,10,13,18,20H,2-6,8-9,11-12,14-17H2,1H3,(H,28,31). The number of aryl methyl sites for hydroxylation is 1. The second-order valence-electron chi connectivity index (χ2n) is 9.43. The average Bonchev–Trinajstić information content (AvgIpc) is 3.18. The van der Waals surface area contributed by atoms with E-state index in [1.54, 1.807) is 10.8 Å². The lowest BCUT2D eigenvalue weighted by Crippen LogP contribution is -2.45. The average molecular weight is 454 g/mol. The first-order chi connectivity index (χ1) is 16.1. The van der Waals surface area contributed by atoms with Gasteiger partial charge in [0.05, 0.1) is 6.04 Å². The highest BCUT2D eigenvalue weighted by Gasteiger charge is 2.38. The number of carbonyl (C=O) groups excluding carboxylic acids is 2. The molecular weight excluding hydrogens is 418 g/mol. The second kappa shape index (κ2) is 10.9. The maximum atomic E-state index is 13.0. The molecule has 0 aliphatic heterocycles. The van der Waals surface area contributed by atoms with Crippen molar-refractivity contribution >= 4 is 11.8 Å². The Morgan fingerprint density at radius 3 is 2.58 bits per heavy atom. The maximum Gasteiger partial charge on any atom is 0.232 e. The lowest BCUT2D eigenvalue weighted by Gasteiger charge is -2.30. The molecule has 2 aromatic heterocycles. The van der Waals surface area contributed by atoms with Crippen LogP contribution in [0.25, 0.3) is 0 Å². The molecule has 1 N–H and O–H groups in total. The molecule has 8 nitrogen and oxygen atoms in total. The summed E-state index contributed by atoms with van der Waals surface area (Å²) in [6.07, 6.45) is 14.1. The zero-order valence-corrected chi connectivity index (χ0v) is 19.6. The molecule has 0 aromatic carbocycles. The molecule has 0 unspecified atom stereocenters. The van der Waals surface area contributed by atoms with Crippen LogP contribution in [-0.2, 0) is 16.8 Å². The summed E-state index contributed by atoms with van der Waals surface area (Å²) in [4.78, 5) is 34.4. The molecule has 1 amide bonds. The lowest BCUT2D eigenvalue weighted by atomic mass is 9.89. The summed E-state index contributed by atoms with van der Waals surface area (Å²) in [5.74, 6) is 0.820. The van der Waals surface area contributed by atoms with Gasteiger partial charge in [0.25, 0.3) is 0 Å². The molecule has 2 fully saturated rings. The molecule has 8 heteroatoms. The Kier molecular flexibility index (Phi) is 7.73. The van der Waals surface area contributed by atoms with Gasteiger partial charge in [-0.25, -0.2) is 0 Å². The zero-order valence-electron chi connectivity index (χ0n) is 19.6. The molecule has 0 saturated heterocycles. The maximum absolute atomic E-state index is 13.0. The van der Waals surface area contributed by atoms with Crippen LogP contribution in [0.1, 0.15) is 100 Å². The first-order valence-corrected chi connectivity index (χ1v) is 12.4. The fourth-order valence-corrected chi connectivity index (χ4v) is 5.11. The zero-order chi connectivity index (χ0) is 23.1. The number of rotatable bonds is 6. The summed E-state index contributed by atoms with van der Waals surface area (Å²) >= 11 is 0. The Hall–Kier alpha value is -2.77. The number of amides is 1. The quantitative estimate of drug-likeness (QED) is 0.665. The number of hydrogen-bond donors (Lipinski definition) is 1. The lowest BCUT2D eigenvalue weighted by molar-refractivity contribution is -0.121. The van der Waals surface area contributed by atoms with Crippen molar-refractivity contribution in [2.45, 2.75) is 102 Å². The Balaban J connectivity index is 1.46. The van der Waals surface area contributed by atoms with Crippen LogP contribution in [0.5, 0.6) is 0 Å². The van der Waals surface area contributed by atoms with Crippen LogP contribution in [0.4, 0.5) is 0 Å². The van der Waals surface area contributed by atoms with Gasteiger partial charge in [0.2, 0.25) is 17.7 Å². The van der Waals surface area contributed by atoms with Crippen molar-refractivity contribution in [3.8, 4) is 0 Å². The minimum Gasteiger partial charge on any atom is -0.343 e. The van der Waals surface area contributed by atoms with Crippen molar-refractivity contribution in [2.24, 2.45) is 4.99 Å². The molecule has 0 atom stereocenters. The number of nitrogens with zero attached hydrogens (tertiary/aromatic N) is 4. The summed E-state index contributed by atoms with van der Waals surface area (Å²) < 4.78 is 7.14. The third-order valence-electron chi connectivity index (χ3n) is 6.82. The van der Waals surface area contributed by atoms with E-state index in [2.05, 4.69) is 15.5 Å². The molecule has 178 valence electrons. The van der Waals surface area contributed by atoms with E-state index in [0.29, 0.717) is 29.7 Å². The minimum atomic E-state index is -0.575. The number of nitrogens with one attached hydrogen (secondary N) is 1. The van der Waals surface area contributed by atoms with E-state index >= 15 is 0 Å². The molecule has 4 rings (SSSR count). The van der Waals surface area contributed by atoms with Gasteiger partial charge in [-0.05, 0) is 37.8 Å². The topological polar surface area (TPSA) is 102 Å². The van der Waals surface area contributed by atoms with Crippen LogP contribution in [0.15, 0.2) is 33.9 Å². The molecule has 33 heavy (non-hydrogen) atoms. The van der Waals surface area contributed by atoms with Crippen LogP contribution in [0, 0.1) is 0 Å². The third kappa shape index (κ3) is 5.97. The predicted molar refractivity (Wildman–Crippen MR) is 123 cm³/mol. The summed E-state index contributed by atoms with van der Waals surface area (Å²) in [6.45, 7) is 1.53. The Labute approximate surface area is 194 Å². The second-order valence-corrected chi connectivity index (χ2v) is 9.43. The van der Waals surface area contributed by atoms with Crippen molar-refractivity contribution in [3.05, 3.63) is 41.6 Å². The van der Waals surface area contributed by atoms with Crippen molar-refractivity contribution in [1.82, 2.24) is 20.0 Å². The molecule has 0 spiro atoms. The van der Waals surface area contributed by atoms with E-state index < -0.39 is 5.54 Å². The Morgan fingerprint density at radius 2 is 1.85 bits per heavy atom. The van der Waals surface area contributed by atoms with Crippen molar-refractivity contribution < 1.29 is 14.1 Å². The van der Waals surface area contributed by atoms with Gasteiger partial charge >= 0.3 is 0 Å². The molecule has 2 aliphatic carbocycles. The Morgan fingerprint density at radius 1 is 1.12 bits per heavy atom. The van der Waals surface area contributed by atoms with Gasteiger partial charge in [-0.15, -0.1) is 0 Å². The number of hydrogen-bond acceptors (Lipinski definition) is 6. The smallest absolute Gasteiger partial charge is 0.232 e. The fourth-order valence-electron chi connectivity index (χ4n) is 5.11. The molecule has 2 aliphatic rings. The first kappa shape index (κ1) is 23.4. The minimum absolute atomic E-state index is 0.0454. The third-order valence-corrected chi connectivity index (χ3v) is 6.82. The van der Waals surface area contributed by atoms with Crippen LogP contribution >= 0.6 is 0 Å². The first-order valence-electron chi connectivity index (χ1n) is 12.4. The van der Waals surface area contributed by atoms with Gasteiger partial charge < -0.3 is 9.84 Å². The molecular formula is C25H35N5O3. The number of carbonyl (C=O) groups is 2. The number of aromatic nitrogens is 3. The van der Waals surface area contributed by atoms with E-state index in [0.717, 1.165) is 51.4 Å². The van der Waals surface area contributed by atoms with Gasteiger partial charge in [0, 0.05) is 26.0 Å². The summed E-state index contributed by atoms with van der Waals surface area (Å²) in [5.41, 5.74) is 0.137. The fraction of sp³-hybridized carbons (Fsp3) is 0.640. The largest absolute Gasteiger partial charge is 0.343 e. The highest BCUT2D eigenvalue weighted by Crippen LogP contribution is 2.34. The van der Waals surface area contributed by atoms with Crippen LogP contribution in [0.2, 0.25) is 0 Å². The SMILES string of the molecule is CC(=O)NC1(c2noc(CCC(=O)n3ccccc3=NC3CCCCC3)n2)CCCCCC1. The van der Waals surface area contributed by atoms with Crippen molar-refractivity contribution in [2.75, 3.05) is 0 Å². The van der Waals surface area contributed by atoms with E-state index in [-0.39, 0.29) is 18.2 Å². The van der Waals surface area contributed by atoms with Crippen molar-refractivity contribution in [3.63, 3.8) is 0 Å². The predicted octanol–water partition coefficient (Wildman–Crippen LogP) is 4.06. The van der Waals surface area contributed by atoms with Gasteiger partial charge in [-0.2, -0.15) is 4.98 Å². The van der Waals surface area contributed by atoms with Crippen LogP contribution in [0.3, 0.4) is 0 Å². The monoisotopic (exact) mass is 453 g/mol. The van der Waals surface area contributed by atoms with E-state index in [1.807, 2.05) is 18.2 Å². The number of pyridine rings is 1. The highest BCUT2D eigenvalue weighted by atomic mass is 16.5. The highest BCUT2D eigenvalue weighted by molar-refractivity contribution is 5.78. The molecule has 2 aromatic rings. The van der Waals surface area contributed by atoms with Gasteiger partial charge in [-0.1, -0.05) is 56.2 Å². The Bertz CT molecular complexity index is 1010.